The summed E-state index contributed by atoms with van der Waals surface area (Å²) in [5.74, 6) is 0. The second kappa shape index (κ2) is 6.80. The predicted molar refractivity (Wildman–Crippen MR) is 97.6 cm³/mol. The summed E-state index contributed by atoms with van der Waals surface area (Å²) in [5.41, 5.74) is 0.561. The van der Waals surface area contributed by atoms with Crippen LogP contribution in [-0.2, 0) is 16.6 Å². The highest BCUT2D eigenvalue weighted by molar-refractivity contribution is 7.89. The van der Waals surface area contributed by atoms with Gasteiger partial charge in [-0.2, -0.15) is 4.31 Å². The van der Waals surface area contributed by atoms with Crippen molar-refractivity contribution < 1.29 is 12.8 Å². The van der Waals surface area contributed by atoms with Gasteiger partial charge >= 0.3 is 5.63 Å². The maximum atomic E-state index is 12.8. The average molecular weight is 398 g/mol. The monoisotopic (exact) mass is 397 g/mol. The highest BCUT2D eigenvalue weighted by atomic mass is 35.5. The van der Waals surface area contributed by atoms with Crippen molar-refractivity contribution in [3.8, 4) is 0 Å². The van der Waals surface area contributed by atoms with Gasteiger partial charge in [0.25, 0.3) is 0 Å². The molecule has 1 heterocycles. The summed E-state index contributed by atoms with van der Waals surface area (Å²) in [5, 5.41) is 1.31. The van der Waals surface area contributed by atoms with Gasteiger partial charge in [0, 0.05) is 25.0 Å². The van der Waals surface area contributed by atoms with E-state index in [9.17, 15) is 13.2 Å². The molecule has 0 spiro atoms. The van der Waals surface area contributed by atoms with E-state index in [1.54, 1.807) is 18.2 Å². The first-order valence-electron chi connectivity index (χ1n) is 7.21. The third kappa shape index (κ3) is 3.72. The molecule has 0 N–H and O–H groups in total. The van der Waals surface area contributed by atoms with Crippen LogP contribution in [0.2, 0.25) is 10.0 Å². The summed E-state index contributed by atoms with van der Waals surface area (Å²) in [6, 6.07) is 12.1. The average Bonchev–Trinajstić information content (AvgIpc) is 2.57. The summed E-state index contributed by atoms with van der Waals surface area (Å²) in [6.07, 6.45) is 0. The van der Waals surface area contributed by atoms with Crippen molar-refractivity contribution in [2.24, 2.45) is 0 Å². The van der Waals surface area contributed by atoms with Crippen molar-refractivity contribution >= 4 is 44.2 Å². The zero-order chi connectivity index (χ0) is 18.2. The van der Waals surface area contributed by atoms with Gasteiger partial charge in [0.1, 0.15) is 5.58 Å². The van der Waals surface area contributed by atoms with Crippen LogP contribution in [0, 0.1) is 0 Å². The second-order valence-electron chi connectivity index (χ2n) is 5.46. The fourth-order valence-electron chi connectivity index (χ4n) is 2.37. The molecule has 8 heteroatoms. The normalized spacial score (nSPS) is 12.0. The van der Waals surface area contributed by atoms with Crippen molar-refractivity contribution in [2.75, 3.05) is 7.05 Å². The van der Waals surface area contributed by atoms with Gasteiger partial charge < -0.3 is 4.42 Å². The number of nitrogens with zero attached hydrogens (tertiary/aromatic N) is 1. The molecule has 25 heavy (non-hydrogen) atoms. The molecule has 0 atom stereocenters. The Balaban J connectivity index is 1.93. The molecule has 0 bridgehead atoms. The fourth-order valence-corrected chi connectivity index (χ4v) is 3.89. The van der Waals surface area contributed by atoms with E-state index in [1.807, 2.05) is 0 Å². The van der Waals surface area contributed by atoms with Crippen molar-refractivity contribution in [2.45, 2.75) is 11.4 Å². The molecule has 2 aromatic carbocycles. The van der Waals surface area contributed by atoms with Crippen LogP contribution in [0.4, 0.5) is 0 Å². The Morgan fingerprint density at radius 1 is 1.00 bits per heavy atom. The highest BCUT2D eigenvalue weighted by Crippen LogP contribution is 2.25. The van der Waals surface area contributed by atoms with Crippen LogP contribution < -0.4 is 5.63 Å². The van der Waals surface area contributed by atoms with Gasteiger partial charge in [-0.25, -0.2) is 13.2 Å². The van der Waals surface area contributed by atoms with E-state index in [0.29, 0.717) is 26.6 Å². The molecule has 0 fully saturated rings. The molecule has 0 saturated heterocycles. The minimum absolute atomic E-state index is 0.108. The number of hydrogen-bond acceptors (Lipinski definition) is 4. The van der Waals surface area contributed by atoms with E-state index >= 15 is 0 Å². The fraction of sp³-hybridized carbons (Fsp3) is 0.118. The lowest BCUT2D eigenvalue weighted by Gasteiger charge is -2.18. The quantitative estimate of drug-likeness (QED) is 0.625. The van der Waals surface area contributed by atoms with Gasteiger partial charge in [0.15, 0.2) is 0 Å². The molecule has 3 aromatic rings. The van der Waals surface area contributed by atoms with Gasteiger partial charge in [0.05, 0.1) is 14.9 Å². The zero-order valence-corrected chi connectivity index (χ0v) is 15.4. The Morgan fingerprint density at radius 3 is 2.48 bits per heavy atom. The van der Waals surface area contributed by atoms with Crippen LogP contribution >= 0.6 is 23.2 Å². The van der Waals surface area contributed by atoms with E-state index in [4.69, 9.17) is 27.6 Å². The van der Waals surface area contributed by atoms with Crippen LogP contribution in [0.1, 0.15) is 5.56 Å². The standard InChI is InChI=1S/C17H13Cl2NO4S/c1-20(10-11-2-5-14(18)15(19)8-11)25(22,23)13-4-6-16-12(9-13)3-7-17(21)24-16/h2-9H,10H2,1H3. The number of halogens is 2. The Labute approximate surface area is 154 Å². The Bertz CT molecular complexity index is 1110. The molecule has 0 aliphatic rings. The van der Waals surface area contributed by atoms with E-state index in [2.05, 4.69) is 0 Å². The first kappa shape index (κ1) is 17.9. The maximum absolute atomic E-state index is 12.8. The zero-order valence-electron chi connectivity index (χ0n) is 13.1. The van der Waals surface area contributed by atoms with Gasteiger partial charge in [-0.1, -0.05) is 29.3 Å². The van der Waals surface area contributed by atoms with Crippen molar-refractivity contribution in [3.05, 3.63) is 74.6 Å². The molecule has 1 aromatic heterocycles. The maximum Gasteiger partial charge on any atom is 0.336 e. The third-order valence-electron chi connectivity index (χ3n) is 3.69. The van der Waals surface area contributed by atoms with Crippen LogP contribution in [-0.4, -0.2) is 19.8 Å². The van der Waals surface area contributed by atoms with Crippen molar-refractivity contribution in [3.63, 3.8) is 0 Å². The van der Waals surface area contributed by atoms with Crippen LogP contribution in [0.25, 0.3) is 11.0 Å². The SMILES string of the molecule is CN(Cc1ccc(Cl)c(Cl)c1)S(=O)(=O)c1ccc2oc(=O)ccc2c1. The van der Waals surface area contributed by atoms with E-state index in [0.717, 1.165) is 0 Å². The molecule has 0 amide bonds. The number of fused-ring (bicyclic) bond motifs is 1. The minimum atomic E-state index is -3.72. The molecular weight excluding hydrogens is 385 g/mol. The Morgan fingerprint density at radius 2 is 1.76 bits per heavy atom. The molecular formula is C17H13Cl2NO4S. The predicted octanol–water partition coefficient (Wildman–Crippen LogP) is 3.92. The lowest BCUT2D eigenvalue weighted by atomic mass is 10.2. The van der Waals surface area contributed by atoms with Crippen LogP contribution in [0.5, 0.6) is 0 Å². The van der Waals surface area contributed by atoms with E-state index in [1.165, 1.54) is 41.7 Å². The molecule has 0 aliphatic heterocycles. The van der Waals surface area contributed by atoms with E-state index < -0.39 is 15.6 Å². The Hall–Kier alpha value is -1.86. The molecule has 5 nitrogen and oxygen atoms in total. The molecule has 0 aliphatic carbocycles. The number of benzene rings is 2. The van der Waals surface area contributed by atoms with Crippen LogP contribution in [0.15, 0.2) is 62.6 Å². The molecule has 0 radical (unpaired) electrons. The molecule has 0 saturated carbocycles. The minimum Gasteiger partial charge on any atom is -0.423 e. The molecule has 3 rings (SSSR count). The molecule has 130 valence electrons. The van der Waals surface area contributed by atoms with E-state index in [-0.39, 0.29) is 11.4 Å². The highest BCUT2D eigenvalue weighted by Gasteiger charge is 2.21. The second-order valence-corrected chi connectivity index (χ2v) is 8.32. The van der Waals surface area contributed by atoms with Crippen LogP contribution in [0.3, 0.4) is 0 Å². The summed E-state index contributed by atoms with van der Waals surface area (Å²) in [4.78, 5) is 11.3. The molecule has 0 unspecified atom stereocenters. The summed E-state index contributed by atoms with van der Waals surface area (Å²) >= 11 is 11.8. The smallest absolute Gasteiger partial charge is 0.336 e. The van der Waals surface area contributed by atoms with Crippen molar-refractivity contribution in [1.29, 1.82) is 0 Å². The van der Waals surface area contributed by atoms with Gasteiger partial charge in [-0.05, 0) is 42.0 Å². The van der Waals surface area contributed by atoms with Gasteiger partial charge in [0.2, 0.25) is 10.0 Å². The van der Waals surface area contributed by atoms with Crippen molar-refractivity contribution in [1.82, 2.24) is 4.31 Å². The first-order chi connectivity index (χ1) is 11.8. The topological polar surface area (TPSA) is 67.6 Å². The summed E-state index contributed by atoms with van der Waals surface area (Å²) in [7, 11) is -2.24. The Kier molecular flexibility index (Phi) is 4.88. The number of rotatable bonds is 4. The summed E-state index contributed by atoms with van der Waals surface area (Å²) < 4.78 is 31.8. The lowest BCUT2D eigenvalue weighted by Crippen LogP contribution is -2.26. The van der Waals surface area contributed by atoms with Gasteiger partial charge in [-0.15, -0.1) is 0 Å². The lowest BCUT2D eigenvalue weighted by molar-refractivity contribution is 0.467. The summed E-state index contributed by atoms with van der Waals surface area (Å²) in [6.45, 7) is 0.140. The third-order valence-corrected chi connectivity index (χ3v) is 6.23. The van der Waals surface area contributed by atoms with Gasteiger partial charge in [-0.3, -0.25) is 0 Å². The number of sulfonamides is 1. The number of hydrogen-bond donors (Lipinski definition) is 0. The largest absolute Gasteiger partial charge is 0.423 e. The first-order valence-corrected chi connectivity index (χ1v) is 9.41.